The third-order valence-electron chi connectivity index (χ3n) is 4.39. The van der Waals surface area contributed by atoms with Crippen molar-refractivity contribution in [2.24, 2.45) is 0 Å². The number of methoxy groups -OCH3 is 1. The maximum absolute atomic E-state index is 12.6. The molecule has 0 fully saturated rings. The smallest absolute Gasteiger partial charge is 0.338 e. The molecule has 0 aliphatic rings. The number of benzene rings is 3. The van der Waals surface area contributed by atoms with Gasteiger partial charge in [-0.05, 0) is 54.3 Å². The molecule has 1 N–H and O–H groups in total. The Hall–Kier alpha value is -3.27. The highest BCUT2D eigenvalue weighted by Gasteiger charge is 2.17. The van der Waals surface area contributed by atoms with Crippen molar-refractivity contribution in [1.82, 2.24) is 0 Å². The first-order valence-electron chi connectivity index (χ1n) is 8.79. The minimum atomic E-state index is -0.381. The summed E-state index contributed by atoms with van der Waals surface area (Å²) in [6.45, 7) is 4.12. The lowest BCUT2D eigenvalue weighted by molar-refractivity contribution is 0.0527. The van der Waals surface area contributed by atoms with Crippen molar-refractivity contribution < 1.29 is 19.4 Å². The molecule has 27 heavy (non-hydrogen) atoms. The molecule has 0 aliphatic heterocycles. The third-order valence-corrected chi connectivity index (χ3v) is 4.39. The van der Waals surface area contributed by atoms with Crippen LogP contribution in [-0.4, -0.2) is 24.8 Å². The topological polar surface area (TPSA) is 55.8 Å². The molecule has 0 saturated heterocycles. The normalized spacial score (nSPS) is 10.5. The number of carbonyl (C=O) groups is 1. The van der Waals surface area contributed by atoms with Crippen LogP contribution < -0.4 is 4.74 Å². The van der Waals surface area contributed by atoms with Gasteiger partial charge in [-0.15, -0.1) is 0 Å². The number of aryl methyl sites for hydroxylation is 1. The Labute approximate surface area is 159 Å². The molecule has 3 aromatic rings. The molecule has 138 valence electrons. The second-order valence-electron chi connectivity index (χ2n) is 6.23. The summed E-state index contributed by atoms with van der Waals surface area (Å²) in [4.78, 5) is 12.6. The van der Waals surface area contributed by atoms with Gasteiger partial charge in [-0.1, -0.05) is 48.0 Å². The van der Waals surface area contributed by atoms with E-state index in [1.807, 2.05) is 49.4 Å². The molecule has 0 heterocycles. The first kappa shape index (κ1) is 18.5. The lowest BCUT2D eigenvalue weighted by atomic mass is 9.94. The number of carbonyl (C=O) groups excluding carboxylic acids is 1. The second-order valence-corrected chi connectivity index (χ2v) is 6.23. The fourth-order valence-electron chi connectivity index (χ4n) is 2.94. The van der Waals surface area contributed by atoms with Crippen molar-refractivity contribution in [1.29, 1.82) is 0 Å². The number of aromatic hydroxyl groups is 1. The standard InChI is InChI=1S/C23H22O4/c1-4-27-23(25)20-13-17(16-7-5-15(2)6-8-16)9-11-19(20)18-10-12-21(24)22(14-18)26-3/h5-14,24H,4H2,1-3H3. The molecule has 0 atom stereocenters. The third kappa shape index (κ3) is 3.95. The zero-order chi connectivity index (χ0) is 19.4. The van der Waals surface area contributed by atoms with Crippen LogP contribution in [0.1, 0.15) is 22.8 Å². The Kier molecular flexibility index (Phi) is 5.46. The van der Waals surface area contributed by atoms with E-state index in [4.69, 9.17) is 9.47 Å². The number of phenolic OH excluding ortho intramolecular Hbond substituents is 1. The minimum absolute atomic E-state index is 0.0511. The molecule has 0 aromatic heterocycles. The van der Waals surface area contributed by atoms with Gasteiger partial charge in [0.2, 0.25) is 0 Å². The monoisotopic (exact) mass is 362 g/mol. The molecule has 3 aromatic carbocycles. The van der Waals surface area contributed by atoms with E-state index in [1.54, 1.807) is 25.1 Å². The van der Waals surface area contributed by atoms with Gasteiger partial charge >= 0.3 is 5.97 Å². The Morgan fingerprint density at radius 2 is 1.59 bits per heavy atom. The maximum atomic E-state index is 12.6. The molecule has 0 saturated carbocycles. The molecule has 0 bridgehead atoms. The van der Waals surface area contributed by atoms with E-state index in [0.29, 0.717) is 17.9 Å². The van der Waals surface area contributed by atoms with Gasteiger partial charge < -0.3 is 14.6 Å². The summed E-state index contributed by atoms with van der Waals surface area (Å²) in [5, 5.41) is 9.84. The first-order chi connectivity index (χ1) is 13.0. The van der Waals surface area contributed by atoms with E-state index in [0.717, 1.165) is 22.3 Å². The summed E-state index contributed by atoms with van der Waals surface area (Å²) >= 11 is 0. The summed E-state index contributed by atoms with van der Waals surface area (Å²) in [6.07, 6.45) is 0. The largest absolute Gasteiger partial charge is 0.504 e. The average molecular weight is 362 g/mol. The average Bonchev–Trinajstić information content (AvgIpc) is 2.69. The van der Waals surface area contributed by atoms with E-state index in [-0.39, 0.29) is 11.7 Å². The van der Waals surface area contributed by atoms with Crippen LogP contribution in [-0.2, 0) is 4.74 Å². The van der Waals surface area contributed by atoms with Gasteiger partial charge in [0.05, 0.1) is 19.3 Å². The van der Waals surface area contributed by atoms with Gasteiger partial charge in [-0.2, -0.15) is 0 Å². The molecule has 4 heteroatoms. The van der Waals surface area contributed by atoms with Crippen molar-refractivity contribution in [2.75, 3.05) is 13.7 Å². The van der Waals surface area contributed by atoms with Gasteiger partial charge in [0.1, 0.15) is 0 Å². The maximum Gasteiger partial charge on any atom is 0.338 e. The quantitative estimate of drug-likeness (QED) is 0.632. The molecule has 0 amide bonds. The zero-order valence-electron chi connectivity index (χ0n) is 15.7. The van der Waals surface area contributed by atoms with Crippen LogP contribution in [0, 0.1) is 6.92 Å². The van der Waals surface area contributed by atoms with Gasteiger partial charge in [-0.25, -0.2) is 4.79 Å². The van der Waals surface area contributed by atoms with Gasteiger partial charge in [0.25, 0.3) is 0 Å². The van der Waals surface area contributed by atoms with Crippen LogP contribution in [0.25, 0.3) is 22.3 Å². The number of hydrogen-bond acceptors (Lipinski definition) is 4. The molecule has 4 nitrogen and oxygen atoms in total. The fraction of sp³-hybridized carbons (Fsp3) is 0.174. The highest BCUT2D eigenvalue weighted by molar-refractivity contribution is 5.99. The van der Waals surface area contributed by atoms with Crippen molar-refractivity contribution in [3.63, 3.8) is 0 Å². The second kappa shape index (κ2) is 7.96. The number of ether oxygens (including phenoxy) is 2. The van der Waals surface area contributed by atoms with Gasteiger partial charge in [-0.3, -0.25) is 0 Å². The fourth-order valence-corrected chi connectivity index (χ4v) is 2.94. The van der Waals surface area contributed by atoms with E-state index < -0.39 is 0 Å². The summed E-state index contributed by atoms with van der Waals surface area (Å²) in [6, 6.07) is 18.9. The Balaban J connectivity index is 2.13. The number of esters is 1. The van der Waals surface area contributed by atoms with Crippen molar-refractivity contribution in [2.45, 2.75) is 13.8 Å². The summed E-state index contributed by atoms with van der Waals surface area (Å²) < 4.78 is 10.5. The predicted molar refractivity (Wildman–Crippen MR) is 106 cm³/mol. The first-order valence-corrected chi connectivity index (χ1v) is 8.79. The SMILES string of the molecule is CCOC(=O)c1cc(-c2ccc(C)cc2)ccc1-c1ccc(O)c(OC)c1. The number of hydrogen-bond donors (Lipinski definition) is 1. The van der Waals surface area contributed by atoms with Crippen LogP contribution in [0.15, 0.2) is 60.7 Å². The van der Waals surface area contributed by atoms with Crippen LogP contribution in [0.3, 0.4) is 0 Å². The Bertz CT molecular complexity index is 959. The molecule has 0 unspecified atom stereocenters. The highest BCUT2D eigenvalue weighted by atomic mass is 16.5. The van der Waals surface area contributed by atoms with Crippen LogP contribution in [0.4, 0.5) is 0 Å². The van der Waals surface area contributed by atoms with Crippen molar-refractivity contribution in [3.8, 4) is 33.8 Å². The van der Waals surface area contributed by atoms with Gasteiger partial charge in [0.15, 0.2) is 11.5 Å². The number of phenols is 1. The molecule has 0 aliphatic carbocycles. The van der Waals surface area contributed by atoms with Crippen LogP contribution >= 0.6 is 0 Å². The summed E-state index contributed by atoms with van der Waals surface area (Å²) in [5.74, 6) is 0.0219. The molecule has 0 radical (unpaired) electrons. The van der Waals surface area contributed by atoms with Gasteiger partial charge in [0, 0.05) is 0 Å². The predicted octanol–water partition coefficient (Wildman–Crippen LogP) is 5.22. The summed E-state index contributed by atoms with van der Waals surface area (Å²) in [7, 11) is 1.49. The highest BCUT2D eigenvalue weighted by Crippen LogP contribution is 2.35. The van der Waals surface area contributed by atoms with E-state index in [9.17, 15) is 9.90 Å². The van der Waals surface area contributed by atoms with E-state index in [2.05, 4.69) is 0 Å². The van der Waals surface area contributed by atoms with E-state index >= 15 is 0 Å². The van der Waals surface area contributed by atoms with Crippen molar-refractivity contribution in [3.05, 3.63) is 71.8 Å². The minimum Gasteiger partial charge on any atom is -0.504 e. The molecular formula is C23H22O4. The van der Waals surface area contributed by atoms with Crippen molar-refractivity contribution >= 4 is 5.97 Å². The zero-order valence-corrected chi connectivity index (χ0v) is 15.7. The van der Waals surface area contributed by atoms with E-state index in [1.165, 1.54) is 12.7 Å². The van der Waals surface area contributed by atoms with Crippen LogP contribution in [0.5, 0.6) is 11.5 Å². The lowest BCUT2D eigenvalue weighted by Crippen LogP contribution is -2.07. The Morgan fingerprint density at radius 3 is 2.26 bits per heavy atom. The Morgan fingerprint density at radius 1 is 0.926 bits per heavy atom. The summed E-state index contributed by atoms with van der Waals surface area (Å²) in [5.41, 5.74) is 5.11. The molecular weight excluding hydrogens is 340 g/mol. The molecule has 3 rings (SSSR count). The molecule has 0 spiro atoms. The van der Waals surface area contributed by atoms with Crippen LogP contribution in [0.2, 0.25) is 0 Å². The lowest BCUT2D eigenvalue weighted by Gasteiger charge is -2.13. The number of rotatable bonds is 5.